The van der Waals surface area contributed by atoms with E-state index in [1.165, 1.54) is 0 Å². The fraction of sp³-hybridized carbons (Fsp3) is 0.222. The summed E-state index contributed by atoms with van der Waals surface area (Å²) in [6.07, 6.45) is 2.40. The minimum absolute atomic E-state index is 0.000771. The van der Waals surface area contributed by atoms with Crippen LogP contribution < -0.4 is 5.32 Å². The first-order valence-electron chi connectivity index (χ1n) is 7.71. The summed E-state index contributed by atoms with van der Waals surface area (Å²) in [5, 5.41) is 11.7. The number of rotatable bonds is 5. The van der Waals surface area contributed by atoms with Crippen LogP contribution >= 0.6 is 11.6 Å². The number of hydrogen-bond acceptors (Lipinski definition) is 2. The highest BCUT2D eigenvalue weighted by Crippen LogP contribution is 2.28. The lowest BCUT2D eigenvalue weighted by atomic mass is 10.0. The molecule has 0 saturated carbocycles. The molecule has 5 heteroatoms. The lowest BCUT2D eigenvalue weighted by molar-refractivity contribution is -0.116. The van der Waals surface area contributed by atoms with Crippen molar-refractivity contribution in [2.75, 3.05) is 5.32 Å². The number of benzene rings is 2. The van der Waals surface area contributed by atoms with E-state index in [-0.39, 0.29) is 5.91 Å². The number of hydrogen-bond donors (Lipinski definition) is 2. The first-order chi connectivity index (χ1) is 11.2. The van der Waals surface area contributed by atoms with Crippen LogP contribution in [0.1, 0.15) is 26.2 Å². The summed E-state index contributed by atoms with van der Waals surface area (Å²) in [5.41, 5.74) is 2.98. The van der Waals surface area contributed by atoms with Crippen LogP contribution in [0.3, 0.4) is 0 Å². The lowest BCUT2D eigenvalue weighted by Crippen LogP contribution is -2.11. The van der Waals surface area contributed by atoms with Crippen molar-refractivity contribution in [2.24, 2.45) is 0 Å². The van der Waals surface area contributed by atoms with Gasteiger partial charge in [-0.2, -0.15) is 5.10 Å². The van der Waals surface area contributed by atoms with Crippen molar-refractivity contribution >= 4 is 34.2 Å². The standard InChI is InChI=1S/C18H18ClN3O/c1-2-3-7-17(23)20-18-15-9-8-13(11-16(15)21-22-18)12-5-4-6-14(19)10-12/h4-6,8-11H,2-3,7H2,1H3,(H2,20,21,22,23). The SMILES string of the molecule is CCCCC(=O)Nc1n[nH]c2cc(-c3cccc(Cl)c3)ccc12. The monoisotopic (exact) mass is 327 g/mol. The third-order valence-electron chi connectivity index (χ3n) is 3.74. The van der Waals surface area contributed by atoms with Crippen LogP contribution in [0.2, 0.25) is 5.02 Å². The Labute approximate surface area is 139 Å². The molecule has 0 aliphatic heterocycles. The first kappa shape index (κ1) is 15.6. The Balaban J connectivity index is 1.87. The number of fused-ring (bicyclic) bond motifs is 1. The molecule has 23 heavy (non-hydrogen) atoms. The van der Waals surface area contributed by atoms with Gasteiger partial charge in [0.05, 0.1) is 5.52 Å². The molecule has 0 aliphatic carbocycles. The smallest absolute Gasteiger partial charge is 0.225 e. The van der Waals surface area contributed by atoms with Crippen molar-refractivity contribution < 1.29 is 4.79 Å². The Morgan fingerprint density at radius 1 is 1.22 bits per heavy atom. The third kappa shape index (κ3) is 3.54. The van der Waals surface area contributed by atoms with Gasteiger partial charge in [-0.05, 0) is 41.8 Å². The fourth-order valence-electron chi connectivity index (χ4n) is 2.49. The molecule has 0 radical (unpaired) electrons. The molecule has 2 N–H and O–H groups in total. The van der Waals surface area contributed by atoms with E-state index in [9.17, 15) is 4.79 Å². The van der Waals surface area contributed by atoms with Gasteiger partial charge in [-0.1, -0.05) is 43.1 Å². The number of H-pyrrole nitrogens is 1. The van der Waals surface area contributed by atoms with E-state index >= 15 is 0 Å². The molecular formula is C18H18ClN3O. The predicted molar refractivity (Wildman–Crippen MR) is 94.7 cm³/mol. The van der Waals surface area contributed by atoms with E-state index in [0.717, 1.165) is 34.9 Å². The van der Waals surface area contributed by atoms with Gasteiger partial charge in [0.2, 0.25) is 5.91 Å². The van der Waals surface area contributed by atoms with Crippen LogP contribution in [-0.2, 0) is 4.79 Å². The lowest BCUT2D eigenvalue weighted by Gasteiger charge is -2.04. The number of nitrogens with one attached hydrogen (secondary N) is 2. The predicted octanol–water partition coefficient (Wildman–Crippen LogP) is 5.01. The quantitative estimate of drug-likeness (QED) is 0.692. The molecule has 0 bridgehead atoms. The molecule has 118 valence electrons. The summed E-state index contributed by atoms with van der Waals surface area (Å²) in [5.74, 6) is 0.581. The molecule has 1 amide bonds. The molecule has 4 nitrogen and oxygen atoms in total. The highest BCUT2D eigenvalue weighted by atomic mass is 35.5. The molecule has 1 heterocycles. The third-order valence-corrected chi connectivity index (χ3v) is 3.97. The van der Waals surface area contributed by atoms with Crippen molar-refractivity contribution in [3.8, 4) is 11.1 Å². The van der Waals surface area contributed by atoms with Crippen LogP contribution in [0.4, 0.5) is 5.82 Å². The molecular weight excluding hydrogens is 310 g/mol. The summed E-state index contributed by atoms with van der Waals surface area (Å²) >= 11 is 6.05. The van der Waals surface area contributed by atoms with E-state index in [1.54, 1.807) is 0 Å². The van der Waals surface area contributed by atoms with E-state index in [1.807, 2.05) is 42.5 Å². The number of halogens is 1. The van der Waals surface area contributed by atoms with Crippen LogP contribution in [0.15, 0.2) is 42.5 Å². The van der Waals surface area contributed by atoms with Gasteiger partial charge in [-0.25, -0.2) is 0 Å². The number of aromatic nitrogens is 2. The Kier molecular flexibility index (Phi) is 4.63. The van der Waals surface area contributed by atoms with E-state index < -0.39 is 0 Å². The minimum atomic E-state index is -0.000771. The summed E-state index contributed by atoms with van der Waals surface area (Å²) < 4.78 is 0. The topological polar surface area (TPSA) is 57.8 Å². The van der Waals surface area contributed by atoms with Gasteiger partial charge in [0.1, 0.15) is 0 Å². The molecule has 0 fully saturated rings. The summed E-state index contributed by atoms with van der Waals surface area (Å²) in [7, 11) is 0. The molecule has 2 aromatic carbocycles. The van der Waals surface area contributed by atoms with Gasteiger partial charge in [-0.3, -0.25) is 9.89 Å². The summed E-state index contributed by atoms with van der Waals surface area (Å²) in [6.45, 7) is 2.06. The second kappa shape index (κ2) is 6.84. The molecule has 0 saturated heterocycles. The maximum absolute atomic E-state index is 11.9. The molecule has 0 atom stereocenters. The van der Waals surface area contributed by atoms with Crippen LogP contribution in [0.25, 0.3) is 22.0 Å². The highest BCUT2D eigenvalue weighted by molar-refractivity contribution is 6.30. The number of unbranched alkanes of at least 4 members (excludes halogenated alkanes) is 1. The number of anilines is 1. The highest BCUT2D eigenvalue weighted by Gasteiger charge is 2.10. The Morgan fingerprint density at radius 3 is 2.83 bits per heavy atom. The Hall–Kier alpha value is -2.33. The van der Waals surface area contributed by atoms with Gasteiger partial charge in [0, 0.05) is 16.8 Å². The van der Waals surface area contributed by atoms with E-state index in [2.05, 4.69) is 22.4 Å². The molecule has 3 rings (SSSR count). The van der Waals surface area contributed by atoms with Crippen LogP contribution in [0, 0.1) is 0 Å². The van der Waals surface area contributed by atoms with Gasteiger partial charge in [-0.15, -0.1) is 0 Å². The summed E-state index contributed by atoms with van der Waals surface area (Å²) in [6, 6.07) is 13.7. The normalized spacial score (nSPS) is 10.9. The molecule has 0 aliphatic rings. The molecule has 0 unspecified atom stereocenters. The second-order valence-electron chi connectivity index (χ2n) is 5.49. The molecule has 3 aromatic rings. The van der Waals surface area contributed by atoms with Crippen molar-refractivity contribution in [1.29, 1.82) is 0 Å². The first-order valence-corrected chi connectivity index (χ1v) is 8.09. The number of nitrogens with zero attached hydrogens (tertiary/aromatic N) is 1. The number of aromatic amines is 1. The maximum Gasteiger partial charge on any atom is 0.225 e. The minimum Gasteiger partial charge on any atom is -0.309 e. The van der Waals surface area contributed by atoms with Crippen molar-refractivity contribution in [1.82, 2.24) is 10.2 Å². The van der Waals surface area contributed by atoms with Gasteiger partial charge >= 0.3 is 0 Å². The average Bonchev–Trinajstić information content (AvgIpc) is 2.95. The zero-order chi connectivity index (χ0) is 16.2. The summed E-state index contributed by atoms with van der Waals surface area (Å²) in [4.78, 5) is 11.9. The van der Waals surface area contributed by atoms with Crippen molar-refractivity contribution in [3.63, 3.8) is 0 Å². The largest absolute Gasteiger partial charge is 0.309 e. The van der Waals surface area contributed by atoms with Gasteiger partial charge < -0.3 is 5.32 Å². The average molecular weight is 328 g/mol. The van der Waals surface area contributed by atoms with Crippen LogP contribution in [-0.4, -0.2) is 16.1 Å². The van der Waals surface area contributed by atoms with Gasteiger partial charge in [0.15, 0.2) is 5.82 Å². The number of carbonyl (C=O) groups is 1. The zero-order valence-electron chi connectivity index (χ0n) is 12.9. The maximum atomic E-state index is 11.9. The molecule has 1 aromatic heterocycles. The van der Waals surface area contributed by atoms with Crippen molar-refractivity contribution in [2.45, 2.75) is 26.2 Å². The van der Waals surface area contributed by atoms with Crippen LogP contribution in [0.5, 0.6) is 0 Å². The Morgan fingerprint density at radius 2 is 2.04 bits per heavy atom. The van der Waals surface area contributed by atoms with Crippen molar-refractivity contribution in [3.05, 3.63) is 47.5 Å². The van der Waals surface area contributed by atoms with Gasteiger partial charge in [0.25, 0.3) is 0 Å². The van der Waals surface area contributed by atoms with E-state index in [0.29, 0.717) is 17.3 Å². The Bertz CT molecular complexity index is 841. The number of amides is 1. The fourth-order valence-corrected chi connectivity index (χ4v) is 2.68. The zero-order valence-corrected chi connectivity index (χ0v) is 13.7. The second-order valence-corrected chi connectivity index (χ2v) is 5.93. The van der Waals surface area contributed by atoms with E-state index in [4.69, 9.17) is 11.6 Å². The molecule has 0 spiro atoms. The number of carbonyl (C=O) groups excluding carboxylic acids is 1.